The molecule has 1 aliphatic heterocycles. The van der Waals surface area contributed by atoms with Gasteiger partial charge in [-0.25, -0.2) is 4.79 Å². The summed E-state index contributed by atoms with van der Waals surface area (Å²) in [4.78, 5) is 27.2. The Kier molecular flexibility index (Phi) is 6.06. The van der Waals surface area contributed by atoms with Crippen molar-refractivity contribution in [2.45, 2.75) is 32.7 Å². The van der Waals surface area contributed by atoms with Crippen LogP contribution in [0.3, 0.4) is 0 Å². The summed E-state index contributed by atoms with van der Waals surface area (Å²) in [6.45, 7) is 5.69. The molecule has 0 spiro atoms. The van der Waals surface area contributed by atoms with Crippen LogP contribution >= 0.6 is 0 Å². The zero-order valence-electron chi connectivity index (χ0n) is 14.7. The molecular weight excluding hydrogens is 306 g/mol. The van der Waals surface area contributed by atoms with Gasteiger partial charge in [0.1, 0.15) is 5.75 Å². The van der Waals surface area contributed by atoms with Gasteiger partial charge in [0.25, 0.3) is 0 Å². The highest BCUT2D eigenvalue weighted by molar-refractivity contribution is 5.74. The van der Waals surface area contributed by atoms with E-state index in [0.717, 1.165) is 31.5 Å². The van der Waals surface area contributed by atoms with Crippen LogP contribution in [0, 0.1) is 5.92 Å². The highest BCUT2D eigenvalue weighted by atomic mass is 16.3. The number of hydrogen-bond acceptors (Lipinski definition) is 3. The van der Waals surface area contributed by atoms with Crippen LogP contribution in [0.4, 0.5) is 4.79 Å². The number of nitrogens with one attached hydrogen (secondary N) is 1. The Hall–Kier alpha value is -2.24. The smallest absolute Gasteiger partial charge is 0.317 e. The first-order chi connectivity index (χ1) is 11.4. The molecule has 1 unspecified atom stereocenters. The maximum Gasteiger partial charge on any atom is 0.317 e. The van der Waals surface area contributed by atoms with Crippen molar-refractivity contribution in [1.82, 2.24) is 15.1 Å². The molecule has 1 aliphatic rings. The molecule has 24 heavy (non-hydrogen) atoms. The highest BCUT2D eigenvalue weighted by Gasteiger charge is 2.23. The second-order valence-corrected chi connectivity index (χ2v) is 6.52. The lowest BCUT2D eigenvalue weighted by molar-refractivity contribution is -0.130. The van der Waals surface area contributed by atoms with E-state index in [1.807, 2.05) is 17.9 Å². The molecule has 0 bridgehead atoms. The summed E-state index contributed by atoms with van der Waals surface area (Å²) >= 11 is 0. The van der Waals surface area contributed by atoms with Crippen molar-refractivity contribution in [3.63, 3.8) is 0 Å². The predicted molar refractivity (Wildman–Crippen MR) is 92.7 cm³/mol. The Morgan fingerprint density at radius 1 is 1.38 bits per heavy atom. The number of nitrogens with zero attached hydrogens (tertiary/aromatic N) is 2. The highest BCUT2D eigenvalue weighted by Crippen LogP contribution is 2.22. The molecule has 1 atom stereocenters. The van der Waals surface area contributed by atoms with Crippen LogP contribution in [0.2, 0.25) is 0 Å². The van der Waals surface area contributed by atoms with E-state index in [1.165, 1.54) is 0 Å². The number of phenolic OH excluding ortho intramolecular Hbond substituents is 1. The summed E-state index contributed by atoms with van der Waals surface area (Å²) in [6.07, 6.45) is 1.84. The summed E-state index contributed by atoms with van der Waals surface area (Å²) in [5.74, 6) is 0.733. The number of aromatic hydroxyl groups is 1. The van der Waals surface area contributed by atoms with Gasteiger partial charge in [-0.05, 0) is 43.4 Å². The quantitative estimate of drug-likeness (QED) is 0.888. The maximum absolute atomic E-state index is 12.3. The van der Waals surface area contributed by atoms with Crippen molar-refractivity contribution < 1.29 is 14.7 Å². The number of rotatable bonds is 4. The molecule has 0 aliphatic carbocycles. The summed E-state index contributed by atoms with van der Waals surface area (Å²) in [7, 11) is 1.75. The third kappa shape index (κ3) is 4.63. The topological polar surface area (TPSA) is 72.9 Å². The number of carbonyl (C=O) groups excluding carboxylic acids is 2. The van der Waals surface area contributed by atoms with Crippen molar-refractivity contribution >= 4 is 11.9 Å². The van der Waals surface area contributed by atoms with Gasteiger partial charge in [0, 0.05) is 33.6 Å². The minimum absolute atomic E-state index is 0.122. The standard InChI is InChI=1S/C18H27N3O3/c1-13(16-5-4-6-17(23)11-16)20(3)18(24)19-12-15-7-9-21(10-8-15)14(2)22/h4-6,11,13,15,23H,7-10,12H2,1-3H3,(H,19,24). The van der Waals surface area contributed by atoms with Crippen LogP contribution in [0.5, 0.6) is 5.75 Å². The molecule has 1 aromatic rings. The van der Waals surface area contributed by atoms with E-state index in [-0.39, 0.29) is 23.7 Å². The first kappa shape index (κ1) is 18.1. The summed E-state index contributed by atoms with van der Waals surface area (Å²) in [5, 5.41) is 12.6. The molecule has 3 amide bonds. The Morgan fingerprint density at radius 3 is 2.62 bits per heavy atom. The molecule has 0 saturated carbocycles. The van der Waals surface area contributed by atoms with Gasteiger partial charge in [-0.2, -0.15) is 0 Å². The van der Waals surface area contributed by atoms with E-state index in [0.29, 0.717) is 12.5 Å². The van der Waals surface area contributed by atoms with E-state index < -0.39 is 0 Å². The number of phenols is 1. The molecule has 1 fully saturated rings. The molecule has 2 rings (SSSR count). The van der Waals surface area contributed by atoms with Crippen molar-refractivity contribution in [3.8, 4) is 5.75 Å². The van der Waals surface area contributed by atoms with Crippen LogP contribution < -0.4 is 5.32 Å². The molecular formula is C18H27N3O3. The SMILES string of the molecule is CC(=O)N1CCC(CNC(=O)N(C)C(C)c2cccc(O)c2)CC1. The Labute approximate surface area is 143 Å². The third-order valence-corrected chi connectivity index (χ3v) is 4.86. The second-order valence-electron chi connectivity index (χ2n) is 6.52. The fourth-order valence-corrected chi connectivity index (χ4v) is 2.99. The number of likely N-dealkylation sites (tertiary alicyclic amines) is 1. The normalized spacial score (nSPS) is 16.5. The number of hydrogen-bond donors (Lipinski definition) is 2. The molecule has 0 aromatic heterocycles. The monoisotopic (exact) mass is 333 g/mol. The number of piperidine rings is 1. The van der Waals surface area contributed by atoms with E-state index >= 15 is 0 Å². The van der Waals surface area contributed by atoms with Gasteiger partial charge in [0.2, 0.25) is 5.91 Å². The number of carbonyl (C=O) groups is 2. The molecule has 1 aromatic carbocycles. The van der Waals surface area contributed by atoms with Crippen molar-refractivity contribution in [1.29, 1.82) is 0 Å². The average Bonchev–Trinajstić information content (AvgIpc) is 2.58. The number of urea groups is 1. The fourth-order valence-electron chi connectivity index (χ4n) is 2.99. The zero-order chi connectivity index (χ0) is 17.7. The Balaban J connectivity index is 1.81. The van der Waals surface area contributed by atoms with E-state index in [2.05, 4.69) is 5.32 Å². The van der Waals surface area contributed by atoms with Crippen molar-refractivity contribution in [2.75, 3.05) is 26.7 Å². The zero-order valence-corrected chi connectivity index (χ0v) is 14.7. The third-order valence-electron chi connectivity index (χ3n) is 4.86. The van der Waals surface area contributed by atoms with Crippen LogP contribution in [0.1, 0.15) is 38.3 Å². The first-order valence-corrected chi connectivity index (χ1v) is 8.43. The fraction of sp³-hybridized carbons (Fsp3) is 0.556. The van der Waals surface area contributed by atoms with Crippen LogP contribution in [0.25, 0.3) is 0 Å². The summed E-state index contributed by atoms with van der Waals surface area (Å²) in [5.41, 5.74) is 0.891. The maximum atomic E-state index is 12.3. The summed E-state index contributed by atoms with van der Waals surface area (Å²) in [6, 6.07) is 6.70. The average molecular weight is 333 g/mol. The van der Waals surface area contributed by atoms with Crippen LogP contribution in [-0.4, -0.2) is 53.5 Å². The van der Waals surface area contributed by atoms with E-state index in [1.54, 1.807) is 37.1 Å². The number of benzene rings is 1. The Morgan fingerprint density at radius 2 is 2.04 bits per heavy atom. The van der Waals surface area contributed by atoms with Gasteiger partial charge in [0.15, 0.2) is 0 Å². The van der Waals surface area contributed by atoms with Gasteiger partial charge < -0.3 is 20.2 Å². The molecule has 1 saturated heterocycles. The molecule has 1 heterocycles. The van der Waals surface area contributed by atoms with Crippen molar-refractivity contribution in [3.05, 3.63) is 29.8 Å². The lowest BCUT2D eigenvalue weighted by Crippen LogP contribution is -2.44. The molecule has 0 radical (unpaired) electrons. The second kappa shape index (κ2) is 8.04. The summed E-state index contributed by atoms with van der Waals surface area (Å²) < 4.78 is 0. The van der Waals surface area contributed by atoms with Crippen LogP contribution in [-0.2, 0) is 4.79 Å². The van der Waals surface area contributed by atoms with Crippen LogP contribution in [0.15, 0.2) is 24.3 Å². The molecule has 6 nitrogen and oxygen atoms in total. The lowest BCUT2D eigenvalue weighted by Gasteiger charge is -2.32. The lowest BCUT2D eigenvalue weighted by atomic mass is 9.97. The van der Waals surface area contributed by atoms with Gasteiger partial charge in [-0.3, -0.25) is 4.79 Å². The number of amides is 3. The largest absolute Gasteiger partial charge is 0.508 e. The molecule has 6 heteroatoms. The first-order valence-electron chi connectivity index (χ1n) is 8.43. The van der Waals surface area contributed by atoms with E-state index in [4.69, 9.17) is 0 Å². The van der Waals surface area contributed by atoms with E-state index in [9.17, 15) is 14.7 Å². The molecule has 2 N–H and O–H groups in total. The van der Waals surface area contributed by atoms with Gasteiger partial charge in [-0.1, -0.05) is 12.1 Å². The minimum Gasteiger partial charge on any atom is -0.508 e. The van der Waals surface area contributed by atoms with Gasteiger partial charge in [0.05, 0.1) is 6.04 Å². The van der Waals surface area contributed by atoms with Gasteiger partial charge in [-0.15, -0.1) is 0 Å². The Bertz CT molecular complexity index is 583. The minimum atomic E-state index is -0.128. The predicted octanol–water partition coefficient (Wildman–Crippen LogP) is 2.35. The van der Waals surface area contributed by atoms with Crippen molar-refractivity contribution in [2.24, 2.45) is 5.92 Å². The van der Waals surface area contributed by atoms with Gasteiger partial charge >= 0.3 is 6.03 Å². The molecule has 132 valence electrons.